The highest BCUT2D eigenvalue weighted by molar-refractivity contribution is 6.11. The molecule has 3 aromatic carbocycles. The van der Waals surface area contributed by atoms with Crippen LogP contribution in [0.4, 0.5) is 0 Å². The average molecular weight is 551 g/mol. The van der Waals surface area contributed by atoms with E-state index in [4.69, 9.17) is 9.73 Å². The second-order valence-corrected chi connectivity index (χ2v) is 10.9. The van der Waals surface area contributed by atoms with Crippen molar-refractivity contribution in [3.05, 3.63) is 108 Å². The number of ether oxygens (including phenoxy) is 1. The first-order valence-electron chi connectivity index (χ1n) is 14.1. The van der Waals surface area contributed by atoms with Crippen molar-refractivity contribution in [1.29, 1.82) is 0 Å². The van der Waals surface area contributed by atoms with Gasteiger partial charge in [0.15, 0.2) is 11.5 Å². The summed E-state index contributed by atoms with van der Waals surface area (Å²) in [5.74, 6) is -2.04. The maximum Gasteiger partial charge on any atom is 0.333 e. The monoisotopic (exact) mass is 550 g/mol. The number of imide groups is 1. The van der Waals surface area contributed by atoms with Gasteiger partial charge in [0.25, 0.3) is 0 Å². The number of carbonyl (C=O) groups excluding carboxylic acids is 3. The lowest BCUT2D eigenvalue weighted by Crippen LogP contribution is -2.61. The molecule has 3 saturated heterocycles. The summed E-state index contributed by atoms with van der Waals surface area (Å²) in [6, 6.07) is 28.7. The van der Waals surface area contributed by atoms with Gasteiger partial charge >= 0.3 is 5.97 Å². The topological polar surface area (TPSA) is 82.5 Å². The number of likely N-dealkylation sites (tertiary alicyclic amines) is 1. The number of nitrogens with zero attached hydrogens (tertiary/aromatic N) is 4. The predicted octanol–water partition coefficient (Wildman–Crippen LogP) is 3.52. The number of carbonyl (C=O) groups is 3. The van der Waals surface area contributed by atoms with Crippen LogP contribution in [0.25, 0.3) is 0 Å². The van der Waals surface area contributed by atoms with Crippen LogP contribution in [0.2, 0.25) is 0 Å². The molecule has 2 amide bonds. The Morgan fingerprint density at radius 3 is 2.05 bits per heavy atom. The summed E-state index contributed by atoms with van der Waals surface area (Å²) in [4.78, 5) is 53.1. The SMILES string of the molecule is CCN1C[C@@H]2[C@@H]3C(=O)N(Cc4ccccc4)C(=O)[C@@H]3[C@](Cc3ccccc3)(C(=O)OC)N2C1=NCc1ccccc1. The second-order valence-electron chi connectivity index (χ2n) is 10.9. The van der Waals surface area contributed by atoms with Gasteiger partial charge in [-0.3, -0.25) is 14.5 Å². The number of fused-ring (bicyclic) bond motifs is 3. The fourth-order valence-corrected chi connectivity index (χ4v) is 6.92. The van der Waals surface area contributed by atoms with Gasteiger partial charge in [-0.25, -0.2) is 9.79 Å². The number of aliphatic imine (C=N–C) groups is 1. The smallest absolute Gasteiger partial charge is 0.333 e. The van der Waals surface area contributed by atoms with Gasteiger partial charge in [0.1, 0.15) is 0 Å². The Morgan fingerprint density at radius 2 is 1.46 bits per heavy atom. The molecule has 3 aliphatic heterocycles. The Bertz CT molecular complexity index is 1460. The van der Waals surface area contributed by atoms with Gasteiger partial charge in [-0.15, -0.1) is 0 Å². The fraction of sp³-hybridized carbons (Fsp3) is 0.333. The summed E-state index contributed by atoms with van der Waals surface area (Å²) >= 11 is 0. The van der Waals surface area contributed by atoms with E-state index in [0.717, 1.165) is 16.7 Å². The number of esters is 1. The van der Waals surface area contributed by atoms with Gasteiger partial charge in [0, 0.05) is 19.5 Å². The fourth-order valence-electron chi connectivity index (χ4n) is 6.92. The van der Waals surface area contributed by atoms with Crippen LogP contribution in [0, 0.1) is 11.8 Å². The molecular weight excluding hydrogens is 516 g/mol. The predicted molar refractivity (Wildman–Crippen MR) is 154 cm³/mol. The standard InChI is InChI=1S/C33H34N4O4/c1-3-35-22-26-27-28(30(39)36(29(27)38)21-25-17-11-6-12-18-25)33(31(40)41-2,19-23-13-7-4-8-14-23)37(26)32(35)34-20-24-15-9-5-10-16-24/h4-18,26-28H,3,19-22H2,1-2H3/t26-,27+,28-,33-/m1/s1. The number of rotatable bonds is 8. The molecule has 0 radical (unpaired) electrons. The van der Waals surface area contributed by atoms with Crippen molar-refractivity contribution in [2.75, 3.05) is 20.2 Å². The Morgan fingerprint density at radius 1 is 0.878 bits per heavy atom. The lowest BCUT2D eigenvalue weighted by Gasteiger charge is -2.40. The molecule has 4 atom stereocenters. The van der Waals surface area contributed by atoms with Crippen molar-refractivity contribution in [2.24, 2.45) is 16.8 Å². The van der Waals surface area contributed by atoms with Crippen LogP contribution < -0.4 is 0 Å². The molecule has 0 bridgehead atoms. The maximum absolute atomic E-state index is 14.3. The summed E-state index contributed by atoms with van der Waals surface area (Å²) in [6.45, 7) is 3.77. The minimum atomic E-state index is -1.43. The molecule has 3 fully saturated rings. The number of amides is 2. The van der Waals surface area contributed by atoms with E-state index >= 15 is 0 Å². The van der Waals surface area contributed by atoms with Crippen molar-refractivity contribution < 1.29 is 19.1 Å². The highest BCUT2D eigenvalue weighted by atomic mass is 16.5. The van der Waals surface area contributed by atoms with Gasteiger partial charge in [0.05, 0.1) is 38.1 Å². The lowest BCUT2D eigenvalue weighted by atomic mass is 9.76. The molecule has 0 unspecified atom stereocenters. The summed E-state index contributed by atoms with van der Waals surface area (Å²) in [5, 5.41) is 0. The quantitative estimate of drug-likeness (QED) is 0.315. The van der Waals surface area contributed by atoms with Crippen molar-refractivity contribution in [1.82, 2.24) is 14.7 Å². The Hall–Kier alpha value is -4.46. The maximum atomic E-state index is 14.3. The van der Waals surface area contributed by atoms with Gasteiger partial charge < -0.3 is 14.5 Å². The van der Waals surface area contributed by atoms with Gasteiger partial charge in [-0.05, 0) is 23.6 Å². The number of benzene rings is 3. The van der Waals surface area contributed by atoms with E-state index in [9.17, 15) is 14.4 Å². The molecule has 0 N–H and O–H groups in total. The zero-order chi connectivity index (χ0) is 28.6. The molecule has 0 aromatic heterocycles. The van der Waals surface area contributed by atoms with Gasteiger partial charge in [0.2, 0.25) is 11.8 Å². The first-order chi connectivity index (χ1) is 20.0. The van der Waals surface area contributed by atoms with Crippen molar-refractivity contribution in [3.63, 3.8) is 0 Å². The first kappa shape index (κ1) is 26.7. The summed E-state index contributed by atoms with van der Waals surface area (Å²) in [7, 11) is 1.36. The Balaban J connectivity index is 1.49. The first-order valence-corrected chi connectivity index (χ1v) is 14.1. The van der Waals surface area contributed by atoms with Crippen LogP contribution in [-0.4, -0.2) is 70.2 Å². The normalized spacial score (nSPS) is 26.0. The number of guanidine groups is 1. The molecule has 3 aromatic rings. The zero-order valence-corrected chi connectivity index (χ0v) is 23.3. The summed E-state index contributed by atoms with van der Waals surface area (Å²) in [6.07, 6.45) is 0.221. The summed E-state index contributed by atoms with van der Waals surface area (Å²) < 4.78 is 5.51. The van der Waals surface area contributed by atoms with Crippen molar-refractivity contribution in [3.8, 4) is 0 Å². The van der Waals surface area contributed by atoms with E-state index in [2.05, 4.69) is 4.90 Å². The minimum Gasteiger partial charge on any atom is -0.467 e. The number of likely N-dealkylation sites (N-methyl/N-ethyl adjacent to an activating group) is 1. The van der Waals surface area contributed by atoms with E-state index in [1.54, 1.807) is 0 Å². The van der Waals surface area contributed by atoms with E-state index in [0.29, 0.717) is 25.6 Å². The third-order valence-corrected chi connectivity index (χ3v) is 8.71. The van der Waals surface area contributed by atoms with Gasteiger partial charge in [-0.1, -0.05) is 91.0 Å². The average Bonchev–Trinajstić information content (AvgIpc) is 3.60. The van der Waals surface area contributed by atoms with Crippen LogP contribution in [0.1, 0.15) is 23.6 Å². The highest BCUT2D eigenvalue weighted by Gasteiger charge is 2.74. The molecule has 3 aliphatic rings. The molecule has 8 nitrogen and oxygen atoms in total. The number of hydrogen-bond acceptors (Lipinski definition) is 5. The van der Waals surface area contributed by atoms with Crippen LogP contribution >= 0.6 is 0 Å². The van der Waals surface area contributed by atoms with Crippen molar-refractivity contribution in [2.45, 2.75) is 38.0 Å². The molecule has 0 aliphatic carbocycles. The summed E-state index contributed by atoms with van der Waals surface area (Å²) in [5.41, 5.74) is 1.36. The molecule has 0 saturated carbocycles. The van der Waals surface area contributed by atoms with E-state index < -0.39 is 29.4 Å². The molecule has 0 spiro atoms. The van der Waals surface area contributed by atoms with E-state index in [-0.39, 0.29) is 24.8 Å². The molecule has 6 rings (SSSR count). The third-order valence-electron chi connectivity index (χ3n) is 8.71. The molecule has 3 heterocycles. The molecular formula is C33H34N4O4. The Labute approximate surface area is 240 Å². The third kappa shape index (κ3) is 4.38. The molecule has 210 valence electrons. The van der Waals surface area contributed by atoms with Gasteiger partial charge in [-0.2, -0.15) is 0 Å². The van der Waals surface area contributed by atoms with Crippen LogP contribution in [-0.2, 0) is 38.6 Å². The van der Waals surface area contributed by atoms with Crippen molar-refractivity contribution >= 4 is 23.7 Å². The van der Waals surface area contributed by atoms with E-state index in [1.165, 1.54) is 12.0 Å². The lowest BCUT2D eigenvalue weighted by molar-refractivity contribution is -0.158. The van der Waals surface area contributed by atoms with E-state index in [1.807, 2.05) is 103 Å². The minimum absolute atomic E-state index is 0.174. The highest BCUT2D eigenvalue weighted by Crippen LogP contribution is 2.53. The van der Waals surface area contributed by atoms with Crippen LogP contribution in [0.3, 0.4) is 0 Å². The molecule has 41 heavy (non-hydrogen) atoms. The largest absolute Gasteiger partial charge is 0.467 e. The number of hydrogen-bond donors (Lipinski definition) is 0. The second kappa shape index (κ2) is 10.8. The molecule has 8 heteroatoms. The number of methoxy groups -OCH3 is 1. The zero-order valence-electron chi connectivity index (χ0n) is 23.3. The van der Waals surface area contributed by atoms with Crippen LogP contribution in [0.5, 0.6) is 0 Å². The Kier molecular flexibility index (Phi) is 7.07. The van der Waals surface area contributed by atoms with Crippen LogP contribution in [0.15, 0.2) is 96.0 Å².